The molecule has 1 N–H and O–H groups in total. The number of nitrogens with zero attached hydrogens (tertiary/aromatic N) is 2. The number of fused-ring (bicyclic) bond motifs is 1. The van der Waals surface area contributed by atoms with Gasteiger partial charge in [-0.05, 0) is 55.5 Å². The minimum absolute atomic E-state index is 0.0754. The summed E-state index contributed by atoms with van der Waals surface area (Å²) >= 11 is 0. The highest BCUT2D eigenvalue weighted by atomic mass is 32.2. The molecule has 0 unspecified atom stereocenters. The normalized spacial score (nSPS) is 17.5. The van der Waals surface area contributed by atoms with Crippen molar-refractivity contribution in [2.45, 2.75) is 36.1 Å². The van der Waals surface area contributed by atoms with E-state index in [1.165, 1.54) is 16.4 Å². The van der Waals surface area contributed by atoms with Gasteiger partial charge >= 0.3 is 0 Å². The topological polar surface area (TPSA) is 90.3 Å². The summed E-state index contributed by atoms with van der Waals surface area (Å²) in [7, 11) is -3.76. The number of amides is 1. The van der Waals surface area contributed by atoms with Crippen molar-refractivity contribution in [3.05, 3.63) is 59.7 Å². The number of sulfonamides is 1. The predicted molar refractivity (Wildman–Crippen MR) is 101 cm³/mol. The van der Waals surface area contributed by atoms with Gasteiger partial charge in [0.2, 0.25) is 0 Å². The van der Waals surface area contributed by atoms with E-state index in [1.54, 1.807) is 18.2 Å². The fourth-order valence-corrected chi connectivity index (χ4v) is 5.12. The quantitative estimate of drug-likeness (QED) is 0.881. The molecule has 138 valence electrons. The van der Waals surface area contributed by atoms with Crippen LogP contribution < -0.4 is 9.62 Å². The smallest absolute Gasteiger partial charge is 0.264 e. The average Bonchev–Trinajstić information content (AvgIpc) is 3.09. The number of benzene rings is 2. The van der Waals surface area contributed by atoms with E-state index >= 15 is 0 Å². The van der Waals surface area contributed by atoms with Crippen LogP contribution in [0.15, 0.2) is 53.4 Å². The van der Waals surface area contributed by atoms with Gasteiger partial charge in [-0.25, -0.2) is 8.42 Å². The molecular formula is C20H19N3O3S. The first-order valence-electron chi connectivity index (χ1n) is 8.90. The second-order valence-electron chi connectivity index (χ2n) is 6.99. The first kappa shape index (κ1) is 17.6. The maximum Gasteiger partial charge on any atom is 0.264 e. The van der Waals surface area contributed by atoms with Crippen molar-refractivity contribution >= 4 is 21.6 Å². The Morgan fingerprint density at radius 1 is 1.15 bits per heavy atom. The fraction of sp³-hybridized carbons (Fsp3) is 0.300. The number of hydrogen-bond acceptors (Lipinski definition) is 4. The molecule has 0 aromatic heterocycles. The van der Waals surface area contributed by atoms with Crippen LogP contribution in [0.1, 0.15) is 35.2 Å². The molecule has 1 aliphatic heterocycles. The van der Waals surface area contributed by atoms with Crippen LogP contribution in [0.2, 0.25) is 0 Å². The Kier molecular flexibility index (Phi) is 4.16. The molecule has 0 spiro atoms. The summed E-state index contributed by atoms with van der Waals surface area (Å²) in [4.78, 5) is 12.6. The number of para-hydroxylation sites is 1. The second-order valence-corrected chi connectivity index (χ2v) is 8.85. The van der Waals surface area contributed by atoms with E-state index in [4.69, 9.17) is 0 Å². The Labute approximate surface area is 158 Å². The molecule has 1 heterocycles. The minimum atomic E-state index is -3.76. The van der Waals surface area contributed by atoms with Crippen LogP contribution >= 0.6 is 0 Å². The molecule has 2 aliphatic rings. The average molecular weight is 381 g/mol. The van der Waals surface area contributed by atoms with Gasteiger partial charge in [-0.15, -0.1) is 0 Å². The molecule has 4 rings (SSSR count). The van der Waals surface area contributed by atoms with Crippen LogP contribution in [0.4, 0.5) is 5.69 Å². The summed E-state index contributed by atoms with van der Waals surface area (Å²) in [6.45, 7) is 0.385. The molecule has 27 heavy (non-hydrogen) atoms. The first-order valence-corrected chi connectivity index (χ1v) is 10.3. The van der Waals surface area contributed by atoms with Crippen molar-refractivity contribution in [1.29, 1.82) is 5.26 Å². The summed E-state index contributed by atoms with van der Waals surface area (Å²) in [5, 5.41) is 12.0. The molecule has 1 aliphatic carbocycles. The maximum atomic E-state index is 13.1. The van der Waals surface area contributed by atoms with E-state index < -0.39 is 21.5 Å². The summed E-state index contributed by atoms with van der Waals surface area (Å²) in [6, 6.07) is 15.6. The van der Waals surface area contributed by atoms with Crippen LogP contribution in [0.3, 0.4) is 0 Å². The summed E-state index contributed by atoms with van der Waals surface area (Å²) in [5.74, 6) is -0.421. The molecular weight excluding hydrogens is 362 g/mol. The van der Waals surface area contributed by atoms with Crippen LogP contribution in [-0.2, 0) is 16.4 Å². The van der Waals surface area contributed by atoms with Crippen LogP contribution in [-0.4, -0.2) is 26.4 Å². The first-order chi connectivity index (χ1) is 13.0. The van der Waals surface area contributed by atoms with E-state index in [0.717, 1.165) is 12.0 Å². The number of carbonyl (C=O) groups is 1. The molecule has 1 fully saturated rings. The van der Waals surface area contributed by atoms with Crippen LogP contribution in [0.5, 0.6) is 0 Å². The lowest BCUT2D eigenvalue weighted by molar-refractivity contribution is 0.0881. The number of rotatable bonds is 4. The number of anilines is 1. The standard InChI is InChI=1S/C20H19N3O3S/c21-14-20(10-4-11-20)22-19(24)16-6-3-7-17(13-16)27(25,26)23-12-9-15-5-1-2-8-18(15)23/h1-3,5-8,13H,4,9-12H2,(H,22,24). The van der Waals surface area contributed by atoms with Gasteiger partial charge in [0.25, 0.3) is 15.9 Å². The Hall–Kier alpha value is -2.85. The van der Waals surface area contributed by atoms with Gasteiger partial charge in [0.1, 0.15) is 5.54 Å². The molecule has 0 saturated heterocycles. The second kappa shape index (κ2) is 6.39. The van der Waals surface area contributed by atoms with Gasteiger partial charge in [-0.1, -0.05) is 24.3 Å². The van der Waals surface area contributed by atoms with Crippen LogP contribution in [0.25, 0.3) is 0 Å². The fourth-order valence-electron chi connectivity index (χ4n) is 3.57. The lowest BCUT2D eigenvalue weighted by Gasteiger charge is -2.35. The van der Waals surface area contributed by atoms with E-state index in [1.807, 2.05) is 18.2 Å². The van der Waals surface area contributed by atoms with Gasteiger partial charge < -0.3 is 5.32 Å². The highest BCUT2D eigenvalue weighted by Gasteiger charge is 2.39. The molecule has 6 nitrogen and oxygen atoms in total. The van der Waals surface area contributed by atoms with E-state index in [9.17, 15) is 18.5 Å². The van der Waals surface area contributed by atoms with E-state index in [-0.39, 0.29) is 10.5 Å². The zero-order chi connectivity index (χ0) is 19.1. The molecule has 1 saturated carbocycles. The summed E-state index contributed by atoms with van der Waals surface area (Å²) in [5.41, 5.74) is 1.10. The zero-order valence-electron chi connectivity index (χ0n) is 14.7. The lowest BCUT2D eigenvalue weighted by Crippen LogP contribution is -2.52. The van der Waals surface area contributed by atoms with Gasteiger partial charge in [0.15, 0.2) is 0 Å². The Morgan fingerprint density at radius 2 is 1.93 bits per heavy atom. The number of nitriles is 1. The Bertz CT molecular complexity index is 1050. The highest BCUT2D eigenvalue weighted by Crippen LogP contribution is 2.33. The summed E-state index contributed by atoms with van der Waals surface area (Å²) in [6.07, 6.45) is 2.81. The molecule has 1 amide bonds. The van der Waals surface area contributed by atoms with Crippen molar-refractivity contribution in [3.63, 3.8) is 0 Å². The van der Waals surface area contributed by atoms with Crippen molar-refractivity contribution in [2.75, 3.05) is 10.8 Å². The highest BCUT2D eigenvalue weighted by molar-refractivity contribution is 7.92. The summed E-state index contributed by atoms with van der Waals surface area (Å²) < 4.78 is 27.6. The number of carbonyl (C=O) groups excluding carboxylic acids is 1. The third-order valence-corrected chi connectivity index (χ3v) is 7.11. The largest absolute Gasteiger partial charge is 0.334 e. The molecule has 7 heteroatoms. The van der Waals surface area contributed by atoms with Crippen molar-refractivity contribution in [1.82, 2.24) is 5.32 Å². The van der Waals surface area contributed by atoms with Gasteiger partial charge in [0, 0.05) is 12.1 Å². The molecule has 0 radical (unpaired) electrons. The number of nitrogens with one attached hydrogen (secondary N) is 1. The van der Waals surface area contributed by atoms with Crippen molar-refractivity contribution in [2.24, 2.45) is 0 Å². The Balaban J connectivity index is 1.63. The third-order valence-electron chi connectivity index (χ3n) is 5.30. The van der Waals surface area contributed by atoms with Gasteiger partial charge in [-0.3, -0.25) is 9.10 Å². The van der Waals surface area contributed by atoms with Crippen LogP contribution in [0, 0.1) is 11.3 Å². The minimum Gasteiger partial charge on any atom is -0.334 e. The van der Waals surface area contributed by atoms with Crippen molar-refractivity contribution < 1.29 is 13.2 Å². The molecule has 0 atom stereocenters. The van der Waals surface area contributed by atoms with E-state index in [2.05, 4.69) is 11.4 Å². The number of hydrogen-bond donors (Lipinski definition) is 1. The molecule has 2 aromatic rings. The monoisotopic (exact) mass is 381 g/mol. The predicted octanol–water partition coefficient (Wildman–Crippen LogP) is 2.61. The van der Waals surface area contributed by atoms with Gasteiger partial charge in [-0.2, -0.15) is 5.26 Å². The Morgan fingerprint density at radius 3 is 2.63 bits per heavy atom. The van der Waals surface area contributed by atoms with Gasteiger partial charge in [0.05, 0.1) is 16.7 Å². The maximum absolute atomic E-state index is 13.1. The SMILES string of the molecule is N#CC1(NC(=O)c2cccc(S(=O)(=O)N3CCc4ccccc43)c2)CCC1. The molecule has 2 aromatic carbocycles. The molecule has 0 bridgehead atoms. The third kappa shape index (κ3) is 2.96. The lowest BCUT2D eigenvalue weighted by atomic mass is 9.78. The zero-order valence-corrected chi connectivity index (χ0v) is 15.5. The van der Waals surface area contributed by atoms with Crippen molar-refractivity contribution in [3.8, 4) is 6.07 Å². The van der Waals surface area contributed by atoms with E-state index in [0.29, 0.717) is 31.5 Å².